The lowest BCUT2D eigenvalue weighted by molar-refractivity contribution is -0.151. The molecule has 1 heterocycles. The zero-order valence-electron chi connectivity index (χ0n) is 17.0. The van der Waals surface area contributed by atoms with E-state index in [4.69, 9.17) is 14.2 Å². The first-order valence-electron chi connectivity index (χ1n) is 9.84. The van der Waals surface area contributed by atoms with Gasteiger partial charge >= 0.3 is 5.97 Å². The molecular weight excluding hydrogens is 370 g/mol. The summed E-state index contributed by atoms with van der Waals surface area (Å²) in [6.07, 6.45) is -0.943. The minimum Gasteiger partial charge on any atom is -0.489 e. The topological polar surface area (TPSA) is 65.1 Å². The van der Waals surface area contributed by atoms with E-state index in [2.05, 4.69) is 0 Å². The van der Waals surface area contributed by atoms with Crippen molar-refractivity contribution in [1.82, 2.24) is 4.90 Å². The van der Waals surface area contributed by atoms with Crippen molar-refractivity contribution in [3.05, 3.63) is 65.7 Å². The van der Waals surface area contributed by atoms with Gasteiger partial charge in [-0.1, -0.05) is 36.4 Å². The van der Waals surface area contributed by atoms with Gasteiger partial charge in [0.1, 0.15) is 12.4 Å². The molecule has 3 unspecified atom stereocenters. The molecule has 1 amide bonds. The second-order valence-electron chi connectivity index (χ2n) is 7.35. The van der Waals surface area contributed by atoms with E-state index in [1.165, 1.54) is 0 Å². The van der Waals surface area contributed by atoms with Gasteiger partial charge in [0.15, 0.2) is 6.10 Å². The Morgan fingerprint density at radius 2 is 1.76 bits per heavy atom. The molecule has 1 aliphatic rings. The maximum absolute atomic E-state index is 12.7. The maximum atomic E-state index is 12.7. The largest absolute Gasteiger partial charge is 0.489 e. The lowest BCUT2D eigenvalue weighted by Gasteiger charge is -2.36. The summed E-state index contributed by atoms with van der Waals surface area (Å²) in [5, 5.41) is 0. The Balaban J connectivity index is 1.57. The minimum atomic E-state index is -0.867. The summed E-state index contributed by atoms with van der Waals surface area (Å²) in [6, 6.07) is 16.6. The lowest BCUT2D eigenvalue weighted by atomic mass is 10.2. The third kappa shape index (κ3) is 5.81. The number of carbonyl (C=O) groups is 2. The molecule has 2 aromatic carbocycles. The molecule has 0 radical (unpaired) electrons. The molecule has 0 N–H and O–H groups in total. The van der Waals surface area contributed by atoms with Crippen molar-refractivity contribution in [2.45, 2.75) is 45.7 Å². The molecule has 0 bridgehead atoms. The quantitative estimate of drug-likeness (QED) is 0.699. The summed E-state index contributed by atoms with van der Waals surface area (Å²) in [7, 11) is 0. The monoisotopic (exact) mass is 397 g/mol. The standard InChI is InChI=1S/C23H27NO5/c1-16-13-24(14-17(2)28-16)22(25)18(3)29-23(26)20-10-7-11-21(12-20)27-15-19-8-5-4-6-9-19/h4-12,16-18H,13-15H2,1-3H3. The molecule has 1 aliphatic heterocycles. The molecule has 6 heteroatoms. The molecule has 0 aliphatic carbocycles. The van der Waals surface area contributed by atoms with Crippen LogP contribution in [-0.4, -0.2) is 48.2 Å². The summed E-state index contributed by atoms with van der Waals surface area (Å²) in [5.41, 5.74) is 1.38. The third-order valence-electron chi connectivity index (χ3n) is 4.68. The van der Waals surface area contributed by atoms with Crippen LogP contribution < -0.4 is 4.74 Å². The van der Waals surface area contributed by atoms with Gasteiger partial charge in [-0.15, -0.1) is 0 Å². The first kappa shape index (κ1) is 20.9. The van der Waals surface area contributed by atoms with E-state index < -0.39 is 12.1 Å². The highest BCUT2D eigenvalue weighted by atomic mass is 16.5. The second kappa shape index (κ2) is 9.56. The first-order chi connectivity index (χ1) is 13.9. The fraction of sp³-hybridized carbons (Fsp3) is 0.391. The van der Waals surface area contributed by atoms with Crippen molar-refractivity contribution >= 4 is 11.9 Å². The molecule has 6 nitrogen and oxygen atoms in total. The number of carbonyl (C=O) groups excluding carboxylic acids is 2. The molecule has 1 saturated heterocycles. The number of ether oxygens (including phenoxy) is 3. The van der Waals surface area contributed by atoms with Crippen molar-refractivity contribution < 1.29 is 23.8 Å². The molecule has 0 spiro atoms. The minimum absolute atomic E-state index is 0.0379. The number of hydrogen-bond donors (Lipinski definition) is 0. The van der Waals surface area contributed by atoms with E-state index in [9.17, 15) is 9.59 Å². The number of rotatable bonds is 6. The third-order valence-corrected chi connectivity index (χ3v) is 4.68. The van der Waals surface area contributed by atoms with Gasteiger partial charge in [0.25, 0.3) is 5.91 Å². The van der Waals surface area contributed by atoms with Gasteiger partial charge in [0.2, 0.25) is 0 Å². The number of morpholine rings is 1. The van der Waals surface area contributed by atoms with Gasteiger partial charge in [0.05, 0.1) is 17.8 Å². The number of amides is 1. The molecule has 154 valence electrons. The average Bonchev–Trinajstić information content (AvgIpc) is 2.72. The van der Waals surface area contributed by atoms with Crippen LogP contribution in [0.25, 0.3) is 0 Å². The van der Waals surface area contributed by atoms with Crippen LogP contribution in [0.4, 0.5) is 0 Å². The maximum Gasteiger partial charge on any atom is 0.339 e. The van der Waals surface area contributed by atoms with Gasteiger partial charge in [-0.2, -0.15) is 0 Å². The normalized spacial score (nSPS) is 20.0. The van der Waals surface area contributed by atoms with Gasteiger partial charge in [0, 0.05) is 13.1 Å². The second-order valence-corrected chi connectivity index (χ2v) is 7.35. The van der Waals surface area contributed by atoms with Gasteiger partial charge in [-0.25, -0.2) is 4.79 Å². The fourth-order valence-corrected chi connectivity index (χ4v) is 3.35. The number of benzene rings is 2. The van der Waals surface area contributed by atoms with Crippen LogP contribution in [-0.2, 0) is 20.9 Å². The van der Waals surface area contributed by atoms with Crippen LogP contribution in [0.1, 0.15) is 36.7 Å². The molecule has 0 aromatic heterocycles. The highest BCUT2D eigenvalue weighted by Gasteiger charge is 2.30. The van der Waals surface area contributed by atoms with E-state index in [1.54, 1.807) is 36.1 Å². The Hall–Kier alpha value is -2.86. The first-order valence-corrected chi connectivity index (χ1v) is 9.84. The van der Waals surface area contributed by atoms with Crippen LogP contribution in [0.3, 0.4) is 0 Å². The van der Waals surface area contributed by atoms with E-state index in [0.717, 1.165) is 5.56 Å². The molecule has 3 atom stereocenters. The lowest BCUT2D eigenvalue weighted by Crippen LogP contribution is -2.51. The zero-order valence-corrected chi connectivity index (χ0v) is 17.0. The van der Waals surface area contributed by atoms with Gasteiger partial charge in [-0.05, 0) is 44.5 Å². The number of nitrogens with zero attached hydrogens (tertiary/aromatic N) is 1. The highest BCUT2D eigenvalue weighted by molar-refractivity contribution is 5.92. The molecule has 29 heavy (non-hydrogen) atoms. The van der Waals surface area contributed by atoms with Crippen molar-refractivity contribution in [3.63, 3.8) is 0 Å². The fourth-order valence-electron chi connectivity index (χ4n) is 3.35. The Morgan fingerprint density at radius 3 is 2.45 bits per heavy atom. The summed E-state index contributed by atoms with van der Waals surface area (Å²) in [4.78, 5) is 26.9. The Labute approximate surface area is 171 Å². The molecule has 2 aromatic rings. The van der Waals surface area contributed by atoms with Crippen molar-refractivity contribution in [1.29, 1.82) is 0 Å². The van der Waals surface area contributed by atoms with Crippen molar-refractivity contribution in [2.75, 3.05) is 13.1 Å². The number of esters is 1. The van der Waals surface area contributed by atoms with E-state index >= 15 is 0 Å². The Kier molecular flexibility index (Phi) is 6.88. The molecular formula is C23H27NO5. The van der Waals surface area contributed by atoms with E-state index in [1.807, 2.05) is 44.2 Å². The number of hydrogen-bond acceptors (Lipinski definition) is 5. The average molecular weight is 397 g/mol. The van der Waals surface area contributed by atoms with Crippen LogP contribution in [0.2, 0.25) is 0 Å². The SMILES string of the molecule is CC1CN(C(=O)C(C)OC(=O)c2cccc(OCc3ccccc3)c2)CC(C)O1. The predicted octanol–water partition coefficient (Wildman–Crippen LogP) is 3.45. The van der Waals surface area contributed by atoms with Crippen LogP contribution in [0, 0.1) is 0 Å². The highest BCUT2D eigenvalue weighted by Crippen LogP contribution is 2.18. The van der Waals surface area contributed by atoms with E-state index in [-0.39, 0.29) is 18.1 Å². The summed E-state index contributed by atoms with van der Waals surface area (Å²) < 4.78 is 16.8. The summed E-state index contributed by atoms with van der Waals surface area (Å²) in [5.74, 6) is -0.194. The molecule has 3 rings (SSSR count). The van der Waals surface area contributed by atoms with Crippen LogP contribution in [0.15, 0.2) is 54.6 Å². The van der Waals surface area contributed by atoms with Gasteiger partial charge < -0.3 is 19.1 Å². The van der Waals surface area contributed by atoms with Gasteiger partial charge in [-0.3, -0.25) is 4.79 Å². The zero-order chi connectivity index (χ0) is 20.8. The summed E-state index contributed by atoms with van der Waals surface area (Å²) in [6.45, 7) is 6.84. The van der Waals surface area contributed by atoms with E-state index in [0.29, 0.717) is 31.0 Å². The molecule has 0 saturated carbocycles. The summed E-state index contributed by atoms with van der Waals surface area (Å²) >= 11 is 0. The van der Waals surface area contributed by atoms with Crippen LogP contribution >= 0.6 is 0 Å². The Bertz CT molecular complexity index is 828. The smallest absolute Gasteiger partial charge is 0.339 e. The van der Waals surface area contributed by atoms with Crippen molar-refractivity contribution in [2.24, 2.45) is 0 Å². The Morgan fingerprint density at radius 1 is 1.07 bits per heavy atom. The molecule has 1 fully saturated rings. The van der Waals surface area contributed by atoms with Crippen LogP contribution in [0.5, 0.6) is 5.75 Å². The predicted molar refractivity (Wildman–Crippen MR) is 109 cm³/mol. The van der Waals surface area contributed by atoms with Crippen molar-refractivity contribution in [3.8, 4) is 5.75 Å².